The number of nitrogens with one attached hydrogen (secondary N) is 2. The van der Waals surface area contributed by atoms with E-state index in [1.54, 1.807) is 18.3 Å². The van der Waals surface area contributed by atoms with Gasteiger partial charge in [-0.05, 0) is 37.6 Å². The number of β-amino-alcohol motifs (C(OH)–C–C–N with tert-alkyl or cyclic N) is 1. The average molecular weight is 395 g/mol. The Morgan fingerprint density at radius 2 is 2.03 bits per heavy atom. The monoisotopic (exact) mass is 395 g/mol. The van der Waals surface area contributed by atoms with Crippen LogP contribution < -0.4 is 5.32 Å². The van der Waals surface area contributed by atoms with E-state index in [0.717, 1.165) is 35.6 Å². The van der Waals surface area contributed by atoms with E-state index >= 15 is 0 Å². The molecule has 1 fully saturated rings. The zero-order chi connectivity index (χ0) is 20.5. The molecule has 8 heteroatoms. The van der Waals surface area contributed by atoms with Crippen LogP contribution in [0.1, 0.15) is 32.9 Å². The van der Waals surface area contributed by atoms with Gasteiger partial charge in [-0.15, -0.1) is 0 Å². The first-order valence-electron chi connectivity index (χ1n) is 9.79. The smallest absolute Gasteiger partial charge is 0.257 e. The standard InChI is InChI=1S/C21H25N5O3/c1-13-17(12-16-15-4-3-5-22-19(15)24-20(16)28)23-14(2)18(13)21(29)26-8-6-25(7-9-26)10-11-27/h3-5,12,23,27H,6-11H2,1-2H3,(H,22,24,28)/b16-12-. The lowest BCUT2D eigenvalue weighted by atomic mass is 10.0. The van der Waals surface area contributed by atoms with Gasteiger partial charge in [0.25, 0.3) is 11.8 Å². The van der Waals surface area contributed by atoms with Crippen LogP contribution in [0.2, 0.25) is 0 Å². The van der Waals surface area contributed by atoms with Crippen molar-refractivity contribution in [3.05, 3.63) is 46.4 Å². The van der Waals surface area contributed by atoms with Crippen LogP contribution in [0, 0.1) is 13.8 Å². The fourth-order valence-corrected chi connectivity index (χ4v) is 4.02. The molecule has 0 atom stereocenters. The molecule has 2 aliphatic heterocycles. The van der Waals surface area contributed by atoms with Crippen molar-refractivity contribution in [2.75, 3.05) is 44.6 Å². The molecule has 4 rings (SSSR count). The molecule has 3 N–H and O–H groups in total. The summed E-state index contributed by atoms with van der Waals surface area (Å²) in [6, 6.07) is 3.65. The molecule has 0 spiro atoms. The largest absolute Gasteiger partial charge is 0.395 e. The Bertz CT molecular complexity index is 986. The molecule has 2 aliphatic rings. The van der Waals surface area contributed by atoms with Crippen LogP contribution in [0.3, 0.4) is 0 Å². The van der Waals surface area contributed by atoms with Gasteiger partial charge in [0.05, 0.1) is 17.7 Å². The summed E-state index contributed by atoms with van der Waals surface area (Å²) in [7, 11) is 0. The maximum atomic E-state index is 13.1. The molecule has 2 amide bonds. The number of hydrogen-bond donors (Lipinski definition) is 3. The Hall–Kier alpha value is -2.97. The van der Waals surface area contributed by atoms with Crippen LogP contribution >= 0.6 is 0 Å². The Balaban J connectivity index is 1.59. The second-order valence-corrected chi connectivity index (χ2v) is 7.43. The van der Waals surface area contributed by atoms with Gasteiger partial charge in [0.15, 0.2) is 0 Å². The molecule has 0 aliphatic carbocycles. The number of pyridine rings is 1. The number of H-pyrrole nitrogens is 1. The van der Waals surface area contributed by atoms with Crippen LogP contribution in [0.25, 0.3) is 11.6 Å². The number of piperazine rings is 1. The second kappa shape index (κ2) is 7.81. The summed E-state index contributed by atoms with van der Waals surface area (Å²) in [5.74, 6) is 0.363. The third-order valence-corrected chi connectivity index (χ3v) is 5.63. The number of carbonyl (C=O) groups is 2. The summed E-state index contributed by atoms with van der Waals surface area (Å²) >= 11 is 0. The lowest BCUT2D eigenvalue weighted by molar-refractivity contribution is -0.110. The Morgan fingerprint density at radius 3 is 2.76 bits per heavy atom. The molecular formula is C21H25N5O3. The minimum absolute atomic E-state index is 0.00230. The number of aliphatic hydroxyl groups excluding tert-OH is 1. The van der Waals surface area contributed by atoms with Gasteiger partial charge in [-0.3, -0.25) is 14.5 Å². The number of rotatable bonds is 4. The fraction of sp³-hybridized carbons (Fsp3) is 0.381. The zero-order valence-electron chi connectivity index (χ0n) is 16.7. The molecule has 8 nitrogen and oxygen atoms in total. The summed E-state index contributed by atoms with van der Waals surface area (Å²) in [6.45, 7) is 7.36. The van der Waals surface area contributed by atoms with Crippen LogP contribution in [0.15, 0.2) is 18.3 Å². The Kier molecular flexibility index (Phi) is 5.21. The SMILES string of the molecule is Cc1[nH]c(/C=C2\C(=O)Nc3ncccc32)c(C)c1C(=O)N1CCN(CCO)CC1. The van der Waals surface area contributed by atoms with Gasteiger partial charge < -0.3 is 20.3 Å². The molecule has 0 bridgehead atoms. The highest BCUT2D eigenvalue weighted by Crippen LogP contribution is 2.32. The van der Waals surface area contributed by atoms with E-state index in [2.05, 4.69) is 20.2 Å². The highest BCUT2D eigenvalue weighted by Gasteiger charge is 2.28. The quantitative estimate of drug-likeness (QED) is 0.677. The second-order valence-electron chi connectivity index (χ2n) is 7.43. The number of amides is 2. The van der Waals surface area contributed by atoms with Gasteiger partial charge in [-0.1, -0.05) is 0 Å². The van der Waals surface area contributed by atoms with E-state index in [1.807, 2.05) is 24.8 Å². The summed E-state index contributed by atoms with van der Waals surface area (Å²) in [5, 5.41) is 11.8. The van der Waals surface area contributed by atoms with Crippen molar-refractivity contribution in [1.29, 1.82) is 0 Å². The minimum Gasteiger partial charge on any atom is -0.395 e. The van der Waals surface area contributed by atoms with Gasteiger partial charge in [0, 0.05) is 55.9 Å². The summed E-state index contributed by atoms with van der Waals surface area (Å²) < 4.78 is 0. The lowest BCUT2D eigenvalue weighted by Gasteiger charge is -2.34. The number of carbonyl (C=O) groups excluding carboxylic acids is 2. The molecule has 0 saturated carbocycles. The maximum absolute atomic E-state index is 13.1. The van der Waals surface area contributed by atoms with Gasteiger partial charge in [-0.2, -0.15) is 0 Å². The number of anilines is 1. The van der Waals surface area contributed by atoms with Gasteiger partial charge in [0.2, 0.25) is 0 Å². The molecule has 2 aromatic heterocycles. The van der Waals surface area contributed by atoms with Crippen molar-refractivity contribution in [1.82, 2.24) is 19.8 Å². The fourth-order valence-electron chi connectivity index (χ4n) is 4.02. The number of aromatic nitrogens is 2. The zero-order valence-corrected chi connectivity index (χ0v) is 16.7. The molecule has 29 heavy (non-hydrogen) atoms. The topological polar surface area (TPSA) is 102 Å². The van der Waals surface area contributed by atoms with Crippen molar-refractivity contribution < 1.29 is 14.7 Å². The third-order valence-electron chi connectivity index (χ3n) is 5.63. The van der Waals surface area contributed by atoms with Crippen LogP contribution in [0.5, 0.6) is 0 Å². The van der Waals surface area contributed by atoms with E-state index in [4.69, 9.17) is 5.11 Å². The predicted octanol–water partition coefficient (Wildman–Crippen LogP) is 1.27. The first-order chi connectivity index (χ1) is 14.0. The van der Waals surface area contributed by atoms with Crippen LogP contribution in [0.4, 0.5) is 5.82 Å². The van der Waals surface area contributed by atoms with E-state index < -0.39 is 0 Å². The normalized spacial score (nSPS) is 18.2. The Morgan fingerprint density at radius 1 is 1.28 bits per heavy atom. The van der Waals surface area contributed by atoms with E-state index in [-0.39, 0.29) is 18.4 Å². The van der Waals surface area contributed by atoms with Crippen molar-refractivity contribution in [3.8, 4) is 0 Å². The summed E-state index contributed by atoms with van der Waals surface area (Å²) in [6.07, 6.45) is 3.43. The number of aliphatic hydroxyl groups is 1. The van der Waals surface area contributed by atoms with Gasteiger partial charge in [-0.25, -0.2) is 4.98 Å². The lowest BCUT2D eigenvalue weighted by Crippen LogP contribution is -2.49. The molecule has 4 heterocycles. The van der Waals surface area contributed by atoms with Crippen LogP contribution in [-0.2, 0) is 4.79 Å². The maximum Gasteiger partial charge on any atom is 0.257 e. The molecule has 152 valence electrons. The third kappa shape index (κ3) is 3.56. The Labute approximate surface area is 169 Å². The van der Waals surface area contributed by atoms with E-state index in [1.165, 1.54) is 0 Å². The van der Waals surface area contributed by atoms with Crippen molar-refractivity contribution in [3.63, 3.8) is 0 Å². The number of aromatic amines is 1. The first-order valence-corrected chi connectivity index (χ1v) is 9.79. The number of hydrogen-bond acceptors (Lipinski definition) is 5. The van der Waals surface area contributed by atoms with E-state index in [0.29, 0.717) is 36.6 Å². The summed E-state index contributed by atoms with van der Waals surface area (Å²) in [4.78, 5) is 37.0. The number of nitrogens with zero attached hydrogens (tertiary/aromatic N) is 3. The number of fused-ring (bicyclic) bond motifs is 1. The predicted molar refractivity (Wildman–Crippen MR) is 110 cm³/mol. The molecule has 0 aromatic carbocycles. The first kappa shape index (κ1) is 19.4. The average Bonchev–Trinajstić information content (AvgIpc) is 3.18. The van der Waals surface area contributed by atoms with Gasteiger partial charge >= 0.3 is 0 Å². The molecular weight excluding hydrogens is 370 g/mol. The summed E-state index contributed by atoms with van der Waals surface area (Å²) in [5.41, 5.74) is 4.35. The van der Waals surface area contributed by atoms with E-state index in [9.17, 15) is 9.59 Å². The minimum atomic E-state index is -0.196. The molecule has 2 aromatic rings. The van der Waals surface area contributed by atoms with Crippen molar-refractivity contribution >= 4 is 29.3 Å². The van der Waals surface area contributed by atoms with Crippen molar-refractivity contribution in [2.45, 2.75) is 13.8 Å². The van der Waals surface area contributed by atoms with Gasteiger partial charge in [0.1, 0.15) is 5.82 Å². The number of aryl methyl sites for hydroxylation is 1. The molecule has 0 radical (unpaired) electrons. The molecule has 1 saturated heterocycles. The van der Waals surface area contributed by atoms with Crippen molar-refractivity contribution in [2.24, 2.45) is 0 Å². The molecule has 0 unspecified atom stereocenters. The van der Waals surface area contributed by atoms with Crippen LogP contribution in [-0.4, -0.2) is 76.0 Å². The highest BCUT2D eigenvalue weighted by atomic mass is 16.3. The highest BCUT2D eigenvalue weighted by molar-refractivity contribution is 6.34.